The fourth-order valence-electron chi connectivity index (χ4n) is 3.01. The Hall–Kier alpha value is -1.60. The van der Waals surface area contributed by atoms with Crippen molar-refractivity contribution < 1.29 is 17.9 Å². The lowest BCUT2D eigenvalue weighted by molar-refractivity contribution is -0.116. The molecule has 1 aliphatic rings. The zero-order valence-corrected chi connectivity index (χ0v) is 16.8. The molecule has 0 bridgehead atoms. The number of anilines is 1. The van der Waals surface area contributed by atoms with Gasteiger partial charge in [0.1, 0.15) is 5.75 Å². The SMILES string of the molecule is COc1ccc(S(=O)(=O)N2CCCCCC2)cc1NC(=O)CCC(C)C. The van der Waals surface area contributed by atoms with Crippen LogP contribution in [0.15, 0.2) is 23.1 Å². The van der Waals surface area contributed by atoms with Crippen molar-refractivity contribution in [3.8, 4) is 5.75 Å². The summed E-state index contributed by atoms with van der Waals surface area (Å²) in [5, 5.41) is 2.80. The van der Waals surface area contributed by atoms with E-state index in [0.717, 1.165) is 32.1 Å². The quantitative estimate of drug-likeness (QED) is 0.781. The van der Waals surface area contributed by atoms with E-state index in [4.69, 9.17) is 4.74 Å². The van der Waals surface area contributed by atoms with E-state index < -0.39 is 10.0 Å². The van der Waals surface area contributed by atoms with Crippen LogP contribution in [0.25, 0.3) is 0 Å². The van der Waals surface area contributed by atoms with Crippen molar-refractivity contribution in [2.24, 2.45) is 5.92 Å². The molecule has 1 heterocycles. The molecule has 1 N–H and O–H groups in total. The monoisotopic (exact) mass is 382 g/mol. The predicted molar refractivity (Wildman–Crippen MR) is 103 cm³/mol. The van der Waals surface area contributed by atoms with E-state index in [-0.39, 0.29) is 10.8 Å². The summed E-state index contributed by atoms with van der Waals surface area (Å²) in [6.07, 6.45) is 5.06. The number of carbonyl (C=O) groups is 1. The van der Waals surface area contributed by atoms with Gasteiger partial charge in [0.05, 0.1) is 17.7 Å². The summed E-state index contributed by atoms with van der Waals surface area (Å²) < 4.78 is 32.8. The Labute approximate surface area is 157 Å². The van der Waals surface area contributed by atoms with Crippen LogP contribution in [0.1, 0.15) is 52.4 Å². The normalized spacial score (nSPS) is 16.3. The molecule has 0 spiro atoms. The molecule has 0 saturated carbocycles. The average Bonchev–Trinajstić information content (AvgIpc) is 2.90. The van der Waals surface area contributed by atoms with Crippen LogP contribution in [0.2, 0.25) is 0 Å². The molecule has 1 amide bonds. The molecule has 6 nitrogen and oxygen atoms in total. The van der Waals surface area contributed by atoms with Crippen molar-refractivity contribution >= 4 is 21.6 Å². The van der Waals surface area contributed by atoms with Gasteiger partial charge in [-0.25, -0.2) is 8.42 Å². The first-order valence-electron chi connectivity index (χ1n) is 9.32. The summed E-state index contributed by atoms with van der Waals surface area (Å²) in [5.74, 6) is 0.747. The minimum Gasteiger partial charge on any atom is -0.495 e. The van der Waals surface area contributed by atoms with Gasteiger partial charge < -0.3 is 10.1 Å². The number of hydrogen-bond donors (Lipinski definition) is 1. The highest BCUT2D eigenvalue weighted by atomic mass is 32.2. The Bertz CT molecular complexity index is 708. The van der Waals surface area contributed by atoms with E-state index in [1.165, 1.54) is 13.2 Å². The topological polar surface area (TPSA) is 75.7 Å². The number of carbonyl (C=O) groups excluding carboxylic acids is 1. The molecule has 0 unspecified atom stereocenters. The third kappa shape index (κ3) is 5.45. The van der Waals surface area contributed by atoms with Gasteiger partial charge in [-0.05, 0) is 43.4 Å². The number of ether oxygens (including phenoxy) is 1. The average molecular weight is 383 g/mol. The Morgan fingerprint density at radius 1 is 1.19 bits per heavy atom. The molecule has 0 atom stereocenters. The summed E-state index contributed by atoms with van der Waals surface area (Å²) in [7, 11) is -2.07. The van der Waals surface area contributed by atoms with Gasteiger partial charge in [0.25, 0.3) is 0 Å². The molecule has 1 aromatic carbocycles. The number of methoxy groups -OCH3 is 1. The van der Waals surface area contributed by atoms with Gasteiger partial charge in [-0.3, -0.25) is 4.79 Å². The molecule has 0 aliphatic carbocycles. The summed E-state index contributed by atoms with van der Waals surface area (Å²) in [6.45, 7) is 5.21. The maximum atomic E-state index is 13.0. The van der Waals surface area contributed by atoms with Crippen LogP contribution in [0.4, 0.5) is 5.69 Å². The molecule has 146 valence electrons. The van der Waals surface area contributed by atoms with Crippen molar-refractivity contribution in [3.63, 3.8) is 0 Å². The fraction of sp³-hybridized carbons (Fsp3) is 0.632. The first-order valence-corrected chi connectivity index (χ1v) is 10.8. The van der Waals surface area contributed by atoms with E-state index in [9.17, 15) is 13.2 Å². The van der Waals surface area contributed by atoms with Gasteiger partial charge in [-0.1, -0.05) is 26.7 Å². The van der Waals surface area contributed by atoms with Crippen molar-refractivity contribution in [1.29, 1.82) is 0 Å². The number of sulfonamides is 1. The second-order valence-corrected chi connectivity index (χ2v) is 9.10. The maximum Gasteiger partial charge on any atom is 0.243 e. The van der Waals surface area contributed by atoms with Crippen molar-refractivity contribution in [1.82, 2.24) is 4.31 Å². The van der Waals surface area contributed by atoms with Crippen molar-refractivity contribution in [2.75, 3.05) is 25.5 Å². The lowest BCUT2D eigenvalue weighted by Gasteiger charge is -2.21. The lowest BCUT2D eigenvalue weighted by Crippen LogP contribution is -2.32. The molecule has 0 radical (unpaired) electrons. The van der Waals surface area contributed by atoms with E-state index in [1.807, 2.05) is 0 Å². The number of amides is 1. The number of rotatable bonds is 7. The smallest absolute Gasteiger partial charge is 0.243 e. The minimum absolute atomic E-state index is 0.138. The van der Waals surface area contributed by atoms with Crippen LogP contribution in [0, 0.1) is 5.92 Å². The van der Waals surface area contributed by atoms with Crippen molar-refractivity contribution in [2.45, 2.75) is 57.3 Å². The van der Waals surface area contributed by atoms with Gasteiger partial charge in [0.15, 0.2) is 0 Å². The fourth-order valence-corrected chi connectivity index (χ4v) is 4.55. The minimum atomic E-state index is -3.57. The highest BCUT2D eigenvalue weighted by Crippen LogP contribution is 2.30. The predicted octanol–water partition coefficient (Wildman–Crippen LogP) is 3.63. The third-order valence-corrected chi connectivity index (χ3v) is 6.49. The Kier molecular flexibility index (Phi) is 7.46. The highest BCUT2D eigenvalue weighted by molar-refractivity contribution is 7.89. The van der Waals surface area contributed by atoms with Gasteiger partial charge in [0.2, 0.25) is 15.9 Å². The lowest BCUT2D eigenvalue weighted by atomic mass is 10.1. The molecular weight excluding hydrogens is 352 g/mol. The van der Waals surface area contributed by atoms with E-state index in [1.54, 1.807) is 16.4 Å². The Balaban J connectivity index is 2.23. The van der Waals surface area contributed by atoms with Gasteiger partial charge in [-0.2, -0.15) is 4.31 Å². The standard InChI is InChI=1S/C19H30N2O4S/c1-15(2)8-11-19(22)20-17-14-16(9-10-18(17)25-3)26(23,24)21-12-6-4-5-7-13-21/h9-10,14-15H,4-8,11-13H2,1-3H3,(H,20,22). The second kappa shape index (κ2) is 9.37. The highest BCUT2D eigenvalue weighted by Gasteiger charge is 2.26. The van der Waals surface area contributed by atoms with Crippen LogP contribution < -0.4 is 10.1 Å². The first kappa shape index (κ1) is 20.7. The van der Waals surface area contributed by atoms with E-state index >= 15 is 0 Å². The Morgan fingerprint density at radius 2 is 1.85 bits per heavy atom. The van der Waals surface area contributed by atoms with Crippen molar-refractivity contribution in [3.05, 3.63) is 18.2 Å². The Morgan fingerprint density at radius 3 is 2.42 bits per heavy atom. The molecule has 0 aromatic heterocycles. The second-order valence-electron chi connectivity index (χ2n) is 7.16. The molecule has 1 saturated heterocycles. The maximum absolute atomic E-state index is 13.0. The number of nitrogens with one attached hydrogen (secondary N) is 1. The van der Waals surface area contributed by atoms with E-state index in [2.05, 4.69) is 19.2 Å². The molecule has 7 heteroatoms. The zero-order valence-electron chi connectivity index (χ0n) is 16.0. The summed E-state index contributed by atoms with van der Waals surface area (Å²) in [6, 6.07) is 4.65. The van der Waals surface area contributed by atoms with Gasteiger partial charge >= 0.3 is 0 Å². The van der Waals surface area contributed by atoms with Crippen LogP contribution in [0.3, 0.4) is 0 Å². The van der Waals surface area contributed by atoms with Gasteiger partial charge in [-0.15, -0.1) is 0 Å². The van der Waals surface area contributed by atoms with Crippen LogP contribution in [0.5, 0.6) is 5.75 Å². The number of nitrogens with zero attached hydrogens (tertiary/aromatic N) is 1. The number of benzene rings is 1. The first-order chi connectivity index (χ1) is 12.3. The molecule has 26 heavy (non-hydrogen) atoms. The molecular formula is C19H30N2O4S. The van der Waals surface area contributed by atoms with E-state index in [0.29, 0.717) is 36.9 Å². The molecule has 1 fully saturated rings. The third-order valence-electron chi connectivity index (χ3n) is 4.60. The van der Waals surface area contributed by atoms with Crippen LogP contribution >= 0.6 is 0 Å². The largest absolute Gasteiger partial charge is 0.495 e. The summed E-state index contributed by atoms with van der Waals surface area (Å²) in [5.41, 5.74) is 0.400. The zero-order chi connectivity index (χ0) is 19.2. The number of hydrogen-bond acceptors (Lipinski definition) is 4. The van der Waals surface area contributed by atoms with Crippen LogP contribution in [-0.4, -0.2) is 38.8 Å². The van der Waals surface area contributed by atoms with Crippen LogP contribution in [-0.2, 0) is 14.8 Å². The summed E-state index contributed by atoms with van der Waals surface area (Å²) >= 11 is 0. The summed E-state index contributed by atoms with van der Waals surface area (Å²) in [4.78, 5) is 12.4. The molecule has 1 aromatic rings. The molecule has 2 rings (SSSR count). The molecule has 1 aliphatic heterocycles. The van der Waals surface area contributed by atoms with Gasteiger partial charge in [0, 0.05) is 19.5 Å².